The molecule has 0 bridgehead atoms. The second-order valence-electron chi connectivity index (χ2n) is 4.82. The van der Waals surface area contributed by atoms with Crippen molar-refractivity contribution in [2.45, 2.75) is 19.8 Å². The van der Waals surface area contributed by atoms with E-state index in [-0.39, 0.29) is 12.2 Å². The molecule has 0 saturated carbocycles. The lowest BCUT2D eigenvalue weighted by Crippen LogP contribution is -2.39. The zero-order valence-electron chi connectivity index (χ0n) is 13.6. The first-order chi connectivity index (χ1) is 11.4. The van der Waals surface area contributed by atoms with Crippen molar-refractivity contribution in [1.29, 1.82) is 0 Å². The van der Waals surface area contributed by atoms with Crippen molar-refractivity contribution in [2.75, 3.05) is 20.3 Å². The van der Waals surface area contributed by atoms with Gasteiger partial charge in [0.05, 0.1) is 6.61 Å². The van der Waals surface area contributed by atoms with E-state index < -0.39 is 24.5 Å². The summed E-state index contributed by atoms with van der Waals surface area (Å²) in [6, 6.07) is 6.02. The molecule has 1 rings (SSSR count). The fraction of sp³-hybridized carbons (Fsp3) is 0.375. The second kappa shape index (κ2) is 9.98. The lowest BCUT2D eigenvalue weighted by molar-refractivity contribution is -0.148. The highest BCUT2D eigenvalue weighted by Gasteiger charge is 2.09. The minimum Gasteiger partial charge on any atom is -0.494 e. The Hall–Kier alpha value is -2.90. The number of hydrogen-bond donors (Lipinski definition) is 2. The third-order valence-corrected chi connectivity index (χ3v) is 2.90. The number of benzene rings is 1. The average Bonchev–Trinajstić information content (AvgIpc) is 2.57. The number of carbonyl (C=O) groups is 4. The summed E-state index contributed by atoms with van der Waals surface area (Å²) in [5.74, 6) is -0.690. The maximum absolute atomic E-state index is 11.4. The SMILES string of the molecule is CNC(=O)NC(=O)COC(=O)CCCOc1ccc(C(C)=O)cc1. The van der Waals surface area contributed by atoms with Gasteiger partial charge in [-0.25, -0.2) is 4.79 Å². The Kier molecular flexibility index (Phi) is 7.97. The fourth-order valence-electron chi connectivity index (χ4n) is 1.64. The van der Waals surface area contributed by atoms with E-state index in [2.05, 4.69) is 5.32 Å². The molecule has 3 amide bonds. The summed E-state index contributed by atoms with van der Waals surface area (Å²) >= 11 is 0. The first-order valence-electron chi connectivity index (χ1n) is 7.33. The number of nitrogens with one attached hydrogen (secondary N) is 2. The van der Waals surface area contributed by atoms with Gasteiger partial charge in [-0.05, 0) is 37.6 Å². The van der Waals surface area contributed by atoms with Crippen LogP contribution in [0.4, 0.5) is 4.79 Å². The zero-order chi connectivity index (χ0) is 17.9. The van der Waals surface area contributed by atoms with Crippen LogP contribution < -0.4 is 15.4 Å². The highest BCUT2D eigenvalue weighted by Crippen LogP contribution is 2.13. The molecule has 2 N–H and O–H groups in total. The molecule has 0 aliphatic heterocycles. The van der Waals surface area contributed by atoms with Crippen LogP contribution in [0.25, 0.3) is 0 Å². The Balaban J connectivity index is 2.18. The van der Waals surface area contributed by atoms with Gasteiger partial charge >= 0.3 is 12.0 Å². The van der Waals surface area contributed by atoms with Gasteiger partial charge in [-0.3, -0.25) is 19.7 Å². The minimum absolute atomic E-state index is 0.0234. The molecular formula is C16H20N2O6. The van der Waals surface area contributed by atoms with Crippen molar-refractivity contribution < 1.29 is 28.7 Å². The molecule has 8 nitrogen and oxygen atoms in total. The van der Waals surface area contributed by atoms with Crippen LogP contribution in [-0.4, -0.2) is 44.0 Å². The Morgan fingerprint density at radius 3 is 2.33 bits per heavy atom. The molecule has 0 saturated heterocycles. The summed E-state index contributed by atoms with van der Waals surface area (Å²) in [5.41, 5.74) is 0.598. The second-order valence-corrected chi connectivity index (χ2v) is 4.82. The van der Waals surface area contributed by atoms with Crippen molar-refractivity contribution in [3.05, 3.63) is 29.8 Å². The van der Waals surface area contributed by atoms with Crippen molar-refractivity contribution >= 4 is 23.7 Å². The Bertz CT molecular complexity index is 597. The highest BCUT2D eigenvalue weighted by atomic mass is 16.5. The molecule has 0 atom stereocenters. The van der Waals surface area contributed by atoms with Crippen LogP contribution in [0.3, 0.4) is 0 Å². The molecule has 1 aromatic rings. The smallest absolute Gasteiger partial charge is 0.321 e. The van der Waals surface area contributed by atoms with Crippen LogP contribution in [0.15, 0.2) is 24.3 Å². The number of imide groups is 1. The summed E-state index contributed by atoms with van der Waals surface area (Å²) in [6.45, 7) is 1.26. The van der Waals surface area contributed by atoms with E-state index in [9.17, 15) is 19.2 Å². The quantitative estimate of drug-likeness (QED) is 0.417. The molecule has 0 aliphatic carbocycles. The molecule has 130 valence electrons. The Morgan fingerprint density at radius 1 is 1.08 bits per heavy atom. The third-order valence-electron chi connectivity index (χ3n) is 2.90. The van der Waals surface area contributed by atoms with Gasteiger partial charge in [0.15, 0.2) is 12.4 Å². The third kappa shape index (κ3) is 7.39. The van der Waals surface area contributed by atoms with E-state index in [1.807, 2.05) is 5.32 Å². The normalized spacial score (nSPS) is 9.75. The van der Waals surface area contributed by atoms with Crippen LogP contribution >= 0.6 is 0 Å². The molecule has 1 aromatic carbocycles. The van der Waals surface area contributed by atoms with Crippen molar-refractivity contribution in [1.82, 2.24) is 10.6 Å². The van der Waals surface area contributed by atoms with E-state index in [0.717, 1.165) is 0 Å². The number of ether oxygens (including phenoxy) is 2. The van der Waals surface area contributed by atoms with Gasteiger partial charge < -0.3 is 14.8 Å². The highest BCUT2D eigenvalue weighted by molar-refractivity contribution is 5.95. The number of amides is 3. The average molecular weight is 336 g/mol. The monoisotopic (exact) mass is 336 g/mol. The van der Waals surface area contributed by atoms with Crippen molar-refractivity contribution in [2.24, 2.45) is 0 Å². The standard InChI is InChI=1S/C16H20N2O6/c1-11(19)12-5-7-13(8-6-12)23-9-3-4-15(21)24-10-14(20)18-16(22)17-2/h5-8H,3-4,9-10H2,1-2H3,(H2,17,18,20,22). The molecular weight excluding hydrogens is 316 g/mol. The Morgan fingerprint density at radius 2 is 1.75 bits per heavy atom. The van der Waals surface area contributed by atoms with Gasteiger partial charge in [0.1, 0.15) is 5.75 Å². The predicted octanol–water partition coefficient (Wildman–Crippen LogP) is 1.05. The van der Waals surface area contributed by atoms with Crippen LogP contribution in [0, 0.1) is 0 Å². The number of esters is 1. The first-order valence-corrected chi connectivity index (χ1v) is 7.33. The maximum Gasteiger partial charge on any atom is 0.321 e. The first kappa shape index (κ1) is 19.1. The van der Waals surface area contributed by atoms with E-state index >= 15 is 0 Å². The van der Waals surface area contributed by atoms with Crippen LogP contribution in [-0.2, 0) is 14.3 Å². The number of carbonyl (C=O) groups excluding carboxylic acids is 4. The van der Waals surface area contributed by atoms with E-state index in [0.29, 0.717) is 24.3 Å². The van der Waals surface area contributed by atoms with Crippen LogP contribution in [0.1, 0.15) is 30.1 Å². The molecule has 0 unspecified atom stereocenters. The summed E-state index contributed by atoms with van der Waals surface area (Å²) in [6.07, 6.45) is 0.489. The van der Waals surface area contributed by atoms with Gasteiger partial charge in [-0.2, -0.15) is 0 Å². The fourth-order valence-corrected chi connectivity index (χ4v) is 1.64. The minimum atomic E-state index is -0.704. The summed E-state index contributed by atoms with van der Waals surface area (Å²) in [7, 11) is 1.36. The lowest BCUT2D eigenvalue weighted by Gasteiger charge is -2.07. The molecule has 0 spiro atoms. The summed E-state index contributed by atoms with van der Waals surface area (Å²) < 4.78 is 10.2. The van der Waals surface area contributed by atoms with Gasteiger partial charge in [-0.1, -0.05) is 0 Å². The topological polar surface area (TPSA) is 111 Å². The summed E-state index contributed by atoms with van der Waals surface area (Å²) in [4.78, 5) is 44.6. The Labute approximate surface area is 139 Å². The molecule has 24 heavy (non-hydrogen) atoms. The molecule has 0 aliphatic rings. The van der Waals surface area contributed by atoms with Crippen molar-refractivity contribution in [3.63, 3.8) is 0 Å². The lowest BCUT2D eigenvalue weighted by atomic mass is 10.1. The molecule has 0 fully saturated rings. The molecule has 8 heteroatoms. The van der Waals surface area contributed by atoms with Gasteiger partial charge in [0.25, 0.3) is 5.91 Å². The van der Waals surface area contributed by atoms with E-state index in [1.54, 1.807) is 24.3 Å². The maximum atomic E-state index is 11.4. The zero-order valence-corrected chi connectivity index (χ0v) is 13.6. The van der Waals surface area contributed by atoms with Crippen LogP contribution in [0.2, 0.25) is 0 Å². The number of Topliss-reactive ketones (excluding diaryl/α,β-unsaturated/α-hetero) is 1. The largest absolute Gasteiger partial charge is 0.494 e. The predicted molar refractivity (Wildman–Crippen MR) is 84.7 cm³/mol. The van der Waals surface area contributed by atoms with Gasteiger partial charge in [-0.15, -0.1) is 0 Å². The molecule has 0 aromatic heterocycles. The van der Waals surface area contributed by atoms with E-state index in [4.69, 9.17) is 9.47 Å². The number of ketones is 1. The molecule has 0 heterocycles. The van der Waals surface area contributed by atoms with Crippen LogP contribution in [0.5, 0.6) is 5.75 Å². The van der Waals surface area contributed by atoms with Gasteiger partial charge in [0, 0.05) is 19.0 Å². The summed E-state index contributed by atoms with van der Waals surface area (Å²) in [5, 5.41) is 4.18. The number of rotatable bonds is 8. The number of hydrogen-bond acceptors (Lipinski definition) is 6. The number of urea groups is 1. The van der Waals surface area contributed by atoms with E-state index in [1.165, 1.54) is 14.0 Å². The molecule has 0 radical (unpaired) electrons. The van der Waals surface area contributed by atoms with Crippen molar-refractivity contribution in [3.8, 4) is 5.75 Å². The van der Waals surface area contributed by atoms with Gasteiger partial charge in [0.2, 0.25) is 0 Å².